The first-order chi connectivity index (χ1) is 10.3. The van der Waals surface area contributed by atoms with Crippen molar-refractivity contribution in [2.24, 2.45) is 0 Å². The fraction of sp³-hybridized carbons (Fsp3) is 0.438. The van der Waals surface area contributed by atoms with Crippen LogP contribution in [0.2, 0.25) is 0 Å². The molecule has 0 aliphatic rings. The van der Waals surface area contributed by atoms with E-state index >= 15 is 0 Å². The molecule has 5 nitrogen and oxygen atoms in total. The Labute approximate surface area is 130 Å². The molecule has 0 amide bonds. The summed E-state index contributed by atoms with van der Waals surface area (Å²) in [7, 11) is -3.33. The van der Waals surface area contributed by atoms with Gasteiger partial charge in [-0.25, -0.2) is 13.1 Å². The second-order valence-electron chi connectivity index (χ2n) is 5.66. The van der Waals surface area contributed by atoms with Gasteiger partial charge in [-0.1, -0.05) is 25.0 Å². The summed E-state index contributed by atoms with van der Waals surface area (Å²) in [5.74, 6) is 0.0905. The lowest BCUT2D eigenvalue weighted by molar-refractivity contribution is 0.577. The van der Waals surface area contributed by atoms with Crippen LogP contribution >= 0.6 is 0 Å². The van der Waals surface area contributed by atoms with Crippen LogP contribution in [0.4, 0.5) is 0 Å². The molecule has 1 heterocycles. The normalized spacial score (nSPS) is 12.0. The number of H-pyrrole nitrogens is 1. The molecular formula is C16H22N2O3S. The smallest absolute Gasteiger partial charge is 0.252 e. The Morgan fingerprint density at radius 2 is 1.91 bits per heavy atom. The molecule has 0 spiro atoms. The van der Waals surface area contributed by atoms with E-state index in [-0.39, 0.29) is 17.9 Å². The number of pyridine rings is 1. The van der Waals surface area contributed by atoms with Crippen LogP contribution < -0.4 is 10.3 Å². The monoisotopic (exact) mass is 322 g/mol. The molecule has 0 aliphatic heterocycles. The van der Waals surface area contributed by atoms with Gasteiger partial charge in [-0.05, 0) is 43.4 Å². The molecule has 22 heavy (non-hydrogen) atoms. The van der Waals surface area contributed by atoms with E-state index in [4.69, 9.17) is 0 Å². The van der Waals surface area contributed by atoms with Crippen molar-refractivity contribution in [3.63, 3.8) is 0 Å². The summed E-state index contributed by atoms with van der Waals surface area (Å²) in [6.45, 7) is 5.89. The Hall–Kier alpha value is -1.66. The lowest BCUT2D eigenvalue weighted by Gasteiger charge is -2.08. The van der Waals surface area contributed by atoms with E-state index in [0.717, 1.165) is 28.5 Å². The summed E-state index contributed by atoms with van der Waals surface area (Å²) >= 11 is 0. The Morgan fingerprint density at radius 1 is 1.18 bits per heavy atom. The molecule has 0 saturated carbocycles. The van der Waals surface area contributed by atoms with E-state index in [9.17, 15) is 13.2 Å². The molecule has 0 saturated heterocycles. The fourth-order valence-electron chi connectivity index (χ4n) is 2.46. The van der Waals surface area contributed by atoms with E-state index < -0.39 is 10.0 Å². The van der Waals surface area contributed by atoms with Crippen LogP contribution in [-0.4, -0.2) is 19.2 Å². The fourth-order valence-corrected chi connectivity index (χ4v) is 3.65. The molecule has 6 heteroatoms. The van der Waals surface area contributed by atoms with Crippen molar-refractivity contribution < 1.29 is 8.42 Å². The van der Waals surface area contributed by atoms with E-state index in [1.165, 1.54) is 0 Å². The maximum Gasteiger partial charge on any atom is 0.252 e. The van der Waals surface area contributed by atoms with Gasteiger partial charge in [-0.15, -0.1) is 0 Å². The SMILES string of the molecule is CCCCS(=O)(=O)NCc1cc2cc(C)cc(C)c2[nH]c1=O. The molecule has 0 bridgehead atoms. The number of aromatic nitrogens is 1. The maximum atomic E-state index is 12.1. The zero-order valence-electron chi connectivity index (χ0n) is 13.2. The summed E-state index contributed by atoms with van der Waals surface area (Å²) in [5, 5.41) is 0.917. The number of aromatic amines is 1. The maximum absolute atomic E-state index is 12.1. The van der Waals surface area contributed by atoms with Gasteiger partial charge < -0.3 is 4.98 Å². The molecule has 2 aromatic rings. The largest absolute Gasteiger partial charge is 0.321 e. The number of rotatable bonds is 6. The topological polar surface area (TPSA) is 79.0 Å². The van der Waals surface area contributed by atoms with E-state index in [2.05, 4.69) is 9.71 Å². The third kappa shape index (κ3) is 3.96. The Kier molecular flexibility index (Phi) is 5.03. The number of aryl methyl sites for hydroxylation is 2. The summed E-state index contributed by atoms with van der Waals surface area (Å²) in [6, 6.07) is 5.75. The summed E-state index contributed by atoms with van der Waals surface area (Å²) in [5.41, 5.74) is 3.08. The number of unbranched alkanes of at least 4 members (excludes halogenated alkanes) is 1. The third-order valence-corrected chi connectivity index (χ3v) is 5.03. The van der Waals surface area contributed by atoms with Gasteiger partial charge in [0.15, 0.2) is 0 Å². The lowest BCUT2D eigenvalue weighted by Crippen LogP contribution is -2.28. The number of sulfonamides is 1. The molecular weight excluding hydrogens is 300 g/mol. The number of fused-ring (bicyclic) bond motifs is 1. The van der Waals surface area contributed by atoms with Crippen molar-refractivity contribution in [3.8, 4) is 0 Å². The molecule has 2 rings (SSSR count). The predicted octanol–water partition coefficient (Wildman–Crippen LogP) is 2.36. The highest BCUT2D eigenvalue weighted by atomic mass is 32.2. The van der Waals surface area contributed by atoms with E-state index in [1.54, 1.807) is 6.07 Å². The van der Waals surface area contributed by atoms with Gasteiger partial charge in [0, 0.05) is 12.1 Å². The quantitative estimate of drug-likeness (QED) is 0.857. The average molecular weight is 322 g/mol. The minimum absolute atomic E-state index is 0.0182. The van der Waals surface area contributed by atoms with Crippen LogP contribution in [0.1, 0.15) is 36.5 Å². The first kappa shape index (κ1) is 16.7. The summed E-state index contributed by atoms with van der Waals surface area (Å²) < 4.78 is 26.1. The molecule has 0 fully saturated rings. The molecule has 0 unspecified atom stereocenters. The molecule has 2 N–H and O–H groups in total. The first-order valence-corrected chi connectivity index (χ1v) is 9.08. The zero-order chi connectivity index (χ0) is 16.3. The molecule has 0 atom stereocenters. The highest BCUT2D eigenvalue weighted by Crippen LogP contribution is 2.18. The second-order valence-corrected chi connectivity index (χ2v) is 7.59. The van der Waals surface area contributed by atoms with Crippen LogP contribution in [0.5, 0.6) is 0 Å². The minimum Gasteiger partial charge on any atom is -0.321 e. The van der Waals surface area contributed by atoms with E-state index in [1.807, 2.05) is 32.9 Å². The Bertz CT molecular complexity index is 838. The van der Waals surface area contributed by atoms with Crippen molar-refractivity contribution in [1.82, 2.24) is 9.71 Å². The standard InChI is InChI=1S/C16H22N2O3S/c1-4-5-6-22(20,21)17-10-14-9-13-8-11(2)7-12(3)15(13)18-16(14)19/h7-9,17H,4-6,10H2,1-3H3,(H,18,19). The van der Waals surface area contributed by atoms with Gasteiger partial charge in [-0.2, -0.15) is 0 Å². The van der Waals surface area contributed by atoms with Crippen molar-refractivity contribution in [2.75, 3.05) is 5.75 Å². The van der Waals surface area contributed by atoms with Crippen LogP contribution in [0.25, 0.3) is 10.9 Å². The van der Waals surface area contributed by atoms with Crippen molar-refractivity contribution in [1.29, 1.82) is 0 Å². The van der Waals surface area contributed by atoms with Gasteiger partial charge in [0.2, 0.25) is 10.0 Å². The van der Waals surface area contributed by atoms with Gasteiger partial charge in [0.1, 0.15) is 0 Å². The molecule has 1 aromatic carbocycles. The summed E-state index contributed by atoms with van der Waals surface area (Å²) in [6.07, 6.45) is 1.43. The van der Waals surface area contributed by atoms with Crippen LogP contribution in [0.15, 0.2) is 23.0 Å². The van der Waals surface area contributed by atoms with Gasteiger partial charge >= 0.3 is 0 Å². The average Bonchev–Trinajstić information content (AvgIpc) is 2.44. The van der Waals surface area contributed by atoms with Gasteiger partial charge in [-0.3, -0.25) is 4.79 Å². The van der Waals surface area contributed by atoms with Crippen LogP contribution in [0.3, 0.4) is 0 Å². The highest BCUT2D eigenvalue weighted by Gasteiger charge is 2.11. The number of benzene rings is 1. The van der Waals surface area contributed by atoms with Crippen LogP contribution in [-0.2, 0) is 16.6 Å². The third-order valence-electron chi connectivity index (χ3n) is 3.62. The van der Waals surface area contributed by atoms with E-state index in [0.29, 0.717) is 12.0 Å². The lowest BCUT2D eigenvalue weighted by atomic mass is 10.1. The Morgan fingerprint density at radius 3 is 2.59 bits per heavy atom. The van der Waals surface area contributed by atoms with Gasteiger partial charge in [0.25, 0.3) is 5.56 Å². The second kappa shape index (κ2) is 6.62. The van der Waals surface area contributed by atoms with Crippen molar-refractivity contribution in [3.05, 3.63) is 45.2 Å². The van der Waals surface area contributed by atoms with Crippen molar-refractivity contribution in [2.45, 2.75) is 40.2 Å². The molecule has 120 valence electrons. The summed E-state index contributed by atoms with van der Waals surface area (Å²) in [4.78, 5) is 15.0. The minimum atomic E-state index is -3.33. The first-order valence-electron chi connectivity index (χ1n) is 7.43. The number of hydrogen-bond donors (Lipinski definition) is 2. The molecule has 0 radical (unpaired) electrons. The molecule has 1 aromatic heterocycles. The zero-order valence-corrected chi connectivity index (χ0v) is 14.0. The number of nitrogens with one attached hydrogen (secondary N) is 2. The van der Waals surface area contributed by atoms with Gasteiger partial charge in [0.05, 0.1) is 11.3 Å². The van der Waals surface area contributed by atoms with Crippen molar-refractivity contribution >= 4 is 20.9 Å². The molecule has 0 aliphatic carbocycles. The Balaban J connectivity index is 2.29. The predicted molar refractivity (Wildman–Crippen MR) is 89.6 cm³/mol. The highest BCUT2D eigenvalue weighted by molar-refractivity contribution is 7.89. The van der Waals surface area contributed by atoms with Crippen LogP contribution in [0, 0.1) is 13.8 Å². The number of hydrogen-bond acceptors (Lipinski definition) is 3.